The highest BCUT2D eigenvalue weighted by Gasteiger charge is 2.36. The minimum absolute atomic E-state index is 0.189. The minimum Gasteiger partial charge on any atom is -0.439 e. The number of carbonyl (C=O) groups excluding carboxylic acids is 1. The van der Waals surface area contributed by atoms with Crippen LogP contribution in [0.3, 0.4) is 0 Å². The molecule has 1 aliphatic heterocycles. The number of aryl methyl sites for hydroxylation is 1. The quantitative estimate of drug-likeness (QED) is 0.854. The summed E-state index contributed by atoms with van der Waals surface area (Å²) in [6.45, 7) is 3.55. The predicted octanol–water partition coefficient (Wildman–Crippen LogP) is 3.69. The Morgan fingerprint density at radius 1 is 1.16 bits per heavy atom. The topological polar surface area (TPSA) is 55.3 Å². The van der Waals surface area contributed by atoms with E-state index in [1.807, 2.05) is 48.2 Å². The molecule has 1 saturated heterocycles. The summed E-state index contributed by atoms with van der Waals surface area (Å²) in [5.74, 6) is 2.90. The summed E-state index contributed by atoms with van der Waals surface area (Å²) in [5.41, 5.74) is 0.890. The minimum atomic E-state index is 0.189. The van der Waals surface area contributed by atoms with Crippen LogP contribution < -0.4 is 4.74 Å². The first kappa shape index (κ1) is 16.1. The van der Waals surface area contributed by atoms with E-state index in [2.05, 4.69) is 9.97 Å². The Morgan fingerprint density at radius 2 is 1.96 bits per heavy atom. The van der Waals surface area contributed by atoms with Gasteiger partial charge in [0.25, 0.3) is 0 Å². The highest BCUT2D eigenvalue weighted by atomic mass is 16.5. The molecule has 25 heavy (non-hydrogen) atoms. The normalized spacial score (nSPS) is 20.4. The van der Waals surface area contributed by atoms with Crippen LogP contribution in [0.4, 0.5) is 0 Å². The van der Waals surface area contributed by atoms with Gasteiger partial charge in [-0.3, -0.25) is 4.79 Å². The van der Waals surface area contributed by atoms with Crippen molar-refractivity contribution in [1.82, 2.24) is 14.9 Å². The Bertz CT molecular complexity index is 759. The van der Waals surface area contributed by atoms with Crippen LogP contribution in [-0.4, -0.2) is 33.9 Å². The molecule has 1 aromatic heterocycles. The molecule has 4 rings (SSSR count). The van der Waals surface area contributed by atoms with E-state index in [9.17, 15) is 4.79 Å². The van der Waals surface area contributed by atoms with E-state index in [1.165, 1.54) is 0 Å². The van der Waals surface area contributed by atoms with Crippen molar-refractivity contribution in [2.75, 3.05) is 13.1 Å². The van der Waals surface area contributed by atoms with Gasteiger partial charge in [0.05, 0.1) is 0 Å². The molecule has 2 aromatic rings. The van der Waals surface area contributed by atoms with Gasteiger partial charge in [-0.1, -0.05) is 18.2 Å². The zero-order valence-corrected chi connectivity index (χ0v) is 14.5. The number of hydrogen-bond acceptors (Lipinski definition) is 4. The lowest BCUT2D eigenvalue weighted by atomic mass is 9.96. The lowest BCUT2D eigenvalue weighted by Crippen LogP contribution is -2.40. The van der Waals surface area contributed by atoms with E-state index in [4.69, 9.17) is 4.74 Å². The van der Waals surface area contributed by atoms with Crippen LogP contribution in [0.25, 0.3) is 0 Å². The fraction of sp³-hybridized carbons (Fsp3) is 0.450. The Morgan fingerprint density at radius 3 is 2.72 bits per heavy atom. The van der Waals surface area contributed by atoms with Gasteiger partial charge in [-0.25, -0.2) is 4.98 Å². The van der Waals surface area contributed by atoms with E-state index < -0.39 is 0 Å². The zero-order valence-electron chi connectivity index (χ0n) is 14.5. The SMILES string of the molecule is Cc1cc(Oc2ccccc2)nc(C2CCCN(C(=O)C3CC3)C2)n1. The van der Waals surface area contributed by atoms with Gasteiger partial charge in [0.1, 0.15) is 11.6 Å². The van der Waals surface area contributed by atoms with Crippen molar-refractivity contribution in [3.63, 3.8) is 0 Å². The van der Waals surface area contributed by atoms with Crippen LogP contribution in [0.5, 0.6) is 11.6 Å². The van der Waals surface area contributed by atoms with Crippen LogP contribution in [0, 0.1) is 12.8 Å². The Labute approximate surface area is 148 Å². The molecule has 0 spiro atoms. The number of piperidine rings is 1. The summed E-state index contributed by atoms with van der Waals surface area (Å²) in [6, 6.07) is 11.5. The molecule has 1 saturated carbocycles. The fourth-order valence-corrected chi connectivity index (χ4v) is 3.38. The van der Waals surface area contributed by atoms with Gasteiger partial charge in [-0.15, -0.1) is 0 Å². The van der Waals surface area contributed by atoms with Gasteiger partial charge >= 0.3 is 0 Å². The number of amides is 1. The molecule has 5 nitrogen and oxygen atoms in total. The Kier molecular flexibility index (Phi) is 4.38. The van der Waals surface area contributed by atoms with Crippen molar-refractivity contribution in [2.45, 2.75) is 38.5 Å². The van der Waals surface area contributed by atoms with Crippen molar-refractivity contribution in [3.8, 4) is 11.6 Å². The van der Waals surface area contributed by atoms with Gasteiger partial charge in [-0.2, -0.15) is 4.98 Å². The first-order valence-electron chi connectivity index (χ1n) is 9.06. The van der Waals surface area contributed by atoms with Crippen molar-refractivity contribution < 1.29 is 9.53 Å². The summed E-state index contributed by atoms with van der Waals surface area (Å²) in [5, 5.41) is 0. The number of para-hydroxylation sites is 1. The Hall–Kier alpha value is -2.43. The van der Waals surface area contributed by atoms with E-state index >= 15 is 0 Å². The molecule has 1 atom stereocenters. The number of hydrogen-bond donors (Lipinski definition) is 0. The number of rotatable bonds is 4. The van der Waals surface area contributed by atoms with Gasteiger partial charge in [0.2, 0.25) is 11.8 Å². The summed E-state index contributed by atoms with van der Waals surface area (Å²) in [6.07, 6.45) is 4.13. The number of likely N-dealkylation sites (tertiary alicyclic amines) is 1. The van der Waals surface area contributed by atoms with Crippen LogP contribution in [0.15, 0.2) is 36.4 Å². The lowest BCUT2D eigenvalue weighted by Gasteiger charge is -2.32. The fourth-order valence-electron chi connectivity index (χ4n) is 3.38. The largest absolute Gasteiger partial charge is 0.439 e. The van der Waals surface area contributed by atoms with Crippen molar-refractivity contribution in [1.29, 1.82) is 0 Å². The molecule has 1 amide bonds. The molecular weight excluding hydrogens is 314 g/mol. The highest BCUT2D eigenvalue weighted by Crippen LogP contribution is 2.34. The monoisotopic (exact) mass is 337 g/mol. The number of nitrogens with zero attached hydrogens (tertiary/aromatic N) is 3. The maximum atomic E-state index is 12.4. The molecule has 1 aromatic carbocycles. The van der Waals surface area contributed by atoms with E-state index in [0.717, 1.165) is 56.0 Å². The van der Waals surface area contributed by atoms with E-state index in [1.54, 1.807) is 0 Å². The molecule has 1 unspecified atom stereocenters. The van der Waals surface area contributed by atoms with Crippen LogP contribution >= 0.6 is 0 Å². The van der Waals surface area contributed by atoms with Crippen molar-refractivity contribution >= 4 is 5.91 Å². The zero-order chi connectivity index (χ0) is 17.2. The first-order valence-corrected chi connectivity index (χ1v) is 9.06. The van der Waals surface area contributed by atoms with E-state index in [-0.39, 0.29) is 11.8 Å². The van der Waals surface area contributed by atoms with Gasteiger partial charge < -0.3 is 9.64 Å². The van der Waals surface area contributed by atoms with Gasteiger partial charge in [0, 0.05) is 36.7 Å². The lowest BCUT2D eigenvalue weighted by molar-refractivity contribution is -0.133. The van der Waals surface area contributed by atoms with Crippen LogP contribution in [0.1, 0.15) is 43.1 Å². The summed E-state index contributed by atoms with van der Waals surface area (Å²) >= 11 is 0. The molecule has 0 bridgehead atoms. The molecule has 1 aliphatic carbocycles. The maximum absolute atomic E-state index is 12.4. The molecule has 2 heterocycles. The number of aromatic nitrogens is 2. The average molecular weight is 337 g/mol. The molecule has 5 heteroatoms. The molecular formula is C20H23N3O2. The number of benzene rings is 1. The second-order valence-electron chi connectivity index (χ2n) is 7.02. The molecule has 130 valence electrons. The first-order chi connectivity index (χ1) is 12.2. The third-order valence-electron chi connectivity index (χ3n) is 4.84. The van der Waals surface area contributed by atoms with Gasteiger partial charge in [0.15, 0.2) is 0 Å². The molecule has 2 aliphatic rings. The standard InChI is InChI=1S/C20H23N3O2/c1-14-12-18(25-17-7-3-2-4-8-17)22-19(21-14)16-6-5-11-23(13-16)20(24)15-9-10-15/h2-4,7-8,12,15-16H,5-6,9-11,13H2,1H3. The van der Waals surface area contributed by atoms with E-state index in [0.29, 0.717) is 11.8 Å². The highest BCUT2D eigenvalue weighted by molar-refractivity contribution is 5.81. The Balaban J connectivity index is 1.52. The number of carbonyl (C=O) groups is 1. The van der Waals surface area contributed by atoms with Crippen LogP contribution in [-0.2, 0) is 4.79 Å². The maximum Gasteiger partial charge on any atom is 0.225 e. The van der Waals surface area contributed by atoms with Crippen LogP contribution in [0.2, 0.25) is 0 Å². The summed E-state index contributed by atoms with van der Waals surface area (Å²) in [7, 11) is 0. The third-order valence-corrected chi connectivity index (χ3v) is 4.84. The van der Waals surface area contributed by atoms with Gasteiger partial charge in [-0.05, 0) is 44.7 Å². The smallest absolute Gasteiger partial charge is 0.225 e. The molecule has 2 fully saturated rings. The van der Waals surface area contributed by atoms with Crippen molar-refractivity contribution in [3.05, 3.63) is 47.9 Å². The second kappa shape index (κ2) is 6.82. The third kappa shape index (κ3) is 3.81. The summed E-state index contributed by atoms with van der Waals surface area (Å²) < 4.78 is 5.88. The number of ether oxygens (including phenoxy) is 1. The summed E-state index contributed by atoms with van der Waals surface area (Å²) in [4.78, 5) is 23.6. The average Bonchev–Trinajstić information content (AvgIpc) is 3.47. The second-order valence-corrected chi connectivity index (χ2v) is 7.02. The van der Waals surface area contributed by atoms with Crippen molar-refractivity contribution in [2.24, 2.45) is 5.92 Å². The predicted molar refractivity (Wildman–Crippen MR) is 94.6 cm³/mol. The molecule has 0 radical (unpaired) electrons. The molecule has 0 N–H and O–H groups in total.